The molecule has 1 atom stereocenters. The summed E-state index contributed by atoms with van der Waals surface area (Å²) in [6.07, 6.45) is 2.21. The van der Waals surface area contributed by atoms with Crippen LogP contribution in [0.4, 0.5) is 5.69 Å². The molecule has 0 heterocycles. The van der Waals surface area contributed by atoms with Gasteiger partial charge in [0.25, 0.3) is 5.69 Å². The summed E-state index contributed by atoms with van der Waals surface area (Å²) in [5.74, 6) is 1.33. The van der Waals surface area contributed by atoms with Gasteiger partial charge in [-0.2, -0.15) is 0 Å². The van der Waals surface area contributed by atoms with E-state index >= 15 is 0 Å². The van der Waals surface area contributed by atoms with Gasteiger partial charge in [-0.05, 0) is 25.7 Å². The maximum atomic E-state index is 11.0. The molecule has 0 amide bonds. The SMILES string of the molecule is CN=C(NCc1ccccc1[N+](=O)[O-])NC(C)CCC(C)C.I. The molecule has 0 saturated heterocycles. The first-order valence-electron chi connectivity index (χ1n) is 7.63. The zero-order valence-electron chi connectivity index (χ0n) is 14.2. The van der Waals surface area contributed by atoms with Gasteiger partial charge in [0, 0.05) is 31.3 Å². The Bertz CT molecular complexity index is 521. The summed E-state index contributed by atoms with van der Waals surface area (Å²) in [6.45, 7) is 6.89. The second-order valence-corrected chi connectivity index (χ2v) is 5.83. The lowest BCUT2D eigenvalue weighted by molar-refractivity contribution is -0.385. The standard InChI is InChI=1S/C16H26N4O2.HI/c1-12(2)9-10-13(3)19-16(17-4)18-11-14-7-5-6-8-15(14)20(21)22;/h5-8,12-13H,9-11H2,1-4H3,(H2,17,18,19);1H. The summed E-state index contributed by atoms with van der Waals surface area (Å²) in [7, 11) is 1.70. The van der Waals surface area contributed by atoms with Gasteiger partial charge in [-0.25, -0.2) is 0 Å². The largest absolute Gasteiger partial charge is 0.354 e. The molecule has 0 aromatic heterocycles. The van der Waals surface area contributed by atoms with Crippen molar-refractivity contribution in [1.82, 2.24) is 10.6 Å². The van der Waals surface area contributed by atoms with E-state index in [1.165, 1.54) is 6.07 Å². The smallest absolute Gasteiger partial charge is 0.274 e. The van der Waals surface area contributed by atoms with Gasteiger partial charge >= 0.3 is 0 Å². The van der Waals surface area contributed by atoms with Crippen molar-refractivity contribution in [3.8, 4) is 0 Å². The highest BCUT2D eigenvalue weighted by atomic mass is 127. The number of para-hydroxylation sites is 1. The highest BCUT2D eigenvalue weighted by molar-refractivity contribution is 14.0. The molecule has 0 saturated carbocycles. The molecule has 1 aromatic carbocycles. The molecular formula is C16H27IN4O2. The average Bonchev–Trinajstić information content (AvgIpc) is 2.49. The Hall–Kier alpha value is -1.38. The molecule has 0 fully saturated rings. The molecule has 1 rings (SSSR count). The molecule has 0 radical (unpaired) electrons. The van der Waals surface area contributed by atoms with Gasteiger partial charge in [0.15, 0.2) is 5.96 Å². The van der Waals surface area contributed by atoms with Crippen molar-refractivity contribution in [2.45, 2.75) is 46.2 Å². The first-order valence-corrected chi connectivity index (χ1v) is 7.63. The number of nitrogens with one attached hydrogen (secondary N) is 2. The first-order chi connectivity index (χ1) is 10.4. The fraction of sp³-hybridized carbons (Fsp3) is 0.562. The van der Waals surface area contributed by atoms with Gasteiger partial charge in [0.1, 0.15) is 0 Å². The van der Waals surface area contributed by atoms with E-state index in [0.717, 1.165) is 12.8 Å². The molecule has 6 nitrogen and oxygen atoms in total. The number of nitrogens with zero attached hydrogens (tertiary/aromatic N) is 2. The predicted molar refractivity (Wildman–Crippen MR) is 105 cm³/mol. The summed E-state index contributed by atoms with van der Waals surface area (Å²) < 4.78 is 0. The van der Waals surface area contributed by atoms with E-state index < -0.39 is 0 Å². The number of rotatable bonds is 7. The molecule has 0 aliphatic rings. The van der Waals surface area contributed by atoms with Gasteiger partial charge < -0.3 is 10.6 Å². The summed E-state index contributed by atoms with van der Waals surface area (Å²) in [5, 5.41) is 17.4. The van der Waals surface area contributed by atoms with Crippen molar-refractivity contribution < 1.29 is 4.92 Å². The lowest BCUT2D eigenvalue weighted by Gasteiger charge is -2.18. The Morgan fingerprint density at radius 3 is 2.48 bits per heavy atom. The Morgan fingerprint density at radius 1 is 1.26 bits per heavy atom. The number of nitro groups is 1. The minimum Gasteiger partial charge on any atom is -0.354 e. The van der Waals surface area contributed by atoms with Crippen LogP contribution in [0.5, 0.6) is 0 Å². The number of guanidine groups is 1. The van der Waals surface area contributed by atoms with E-state index in [9.17, 15) is 10.1 Å². The lowest BCUT2D eigenvalue weighted by atomic mass is 10.0. The number of aliphatic imine (C=N–C) groups is 1. The molecule has 130 valence electrons. The summed E-state index contributed by atoms with van der Waals surface area (Å²) >= 11 is 0. The molecule has 1 aromatic rings. The van der Waals surface area contributed by atoms with Crippen LogP contribution in [0.15, 0.2) is 29.3 Å². The van der Waals surface area contributed by atoms with Gasteiger partial charge in [-0.3, -0.25) is 15.1 Å². The summed E-state index contributed by atoms with van der Waals surface area (Å²) in [4.78, 5) is 14.8. The van der Waals surface area contributed by atoms with Crippen LogP contribution >= 0.6 is 24.0 Å². The third kappa shape index (κ3) is 8.15. The van der Waals surface area contributed by atoms with Crippen molar-refractivity contribution in [3.05, 3.63) is 39.9 Å². The molecular weight excluding hydrogens is 407 g/mol. The second-order valence-electron chi connectivity index (χ2n) is 5.83. The molecule has 7 heteroatoms. The van der Waals surface area contributed by atoms with Crippen LogP contribution in [-0.4, -0.2) is 24.0 Å². The van der Waals surface area contributed by atoms with Crippen LogP contribution < -0.4 is 10.6 Å². The van der Waals surface area contributed by atoms with E-state index in [1.54, 1.807) is 25.2 Å². The highest BCUT2D eigenvalue weighted by Gasteiger charge is 2.13. The molecule has 0 aliphatic heterocycles. The molecule has 0 spiro atoms. The minimum absolute atomic E-state index is 0. The predicted octanol–water partition coefficient (Wildman–Crippen LogP) is 3.70. The van der Waals surface area contributed by atoms with Crippen LogP contribution in [0, 0.1) is 16.0 Å². The van der Waals surface area contributed by atoms with Crippen molar-refractivity contribution in [2.24, 2.45) is 10.9 Å². The Kier molecular flexibility index (Phi) is 10.5. The fourth-order valence-electron chi connectivity index (χ4n) is 2.10. The van der Waals surface area contributed by atoms with Crippen molar-refractivity contribution in [1.29, 1.82) is 0 Å². The third-order valence-electron chi connectivity index (χ3n) is 3.42. The van der Waals surface area contributed by atoms with Crippen LogP contribution in [0.3, 0.4) is 0 Å². The Balaban J connectivity index is 0.00000484. The zero-order valence-corrected chi connectivity index (χ0v) is 16.5. The fourth-order valence-corrected chi connectivity index (χ4v) is 2.10. The maximum Gasteiger partial charge on any atom is 0.274 e. The minimum atomic E-state index is -0.363. The van der Waals surface area contributed by atoms with Gasteiger partial charge in [-0.15, -0.1) is 24.0 Å². The maximum absolute atomic E-state index is 11.0. The Labute approximate surface area is 155 Å². The van der Waals surface area contributed by atoms with E-state index in [4.69, 9.17) is 0 Å². The molecule has 1 unspecified atom stereocenters. The Morgan fingerprint density at radius 2 is 1.91 bits per heavy atom. The monoisotopic (exact) mass is 434 g/mol. The van der Waals surface area contributed by atoms with Crippen molar-refractivity contribution in [2.75, 3.05) is 7.05 Å². The van der Waals surface area contributed by atoms with Crippen LogP contribution in [-0.2, 0) is 6.54 Å². The summed E-state index contributed by atoms with van der Waals surface area (Å²) in [5.41, 5.74) is 0.767. The van der Waals surface area contributed by atoms with Gasteiger partial charge in [0.05, 0.1) is 4.92 Å². The summed E-state index contributed by atoms with van der Waals surface area (Å²) in [6, 6.07) is 7.03. The number of benzene rings is 1. The van der Waals surface area contributed by atoms with Gasteiger partial charge in [-0.1, -0.05) is 32.0 Å². The lowest BCUT2D eigenvalue weighted by Crippen LogP contribution is -2.42. The van der Waals surface area contributed by atoms with E-state index in [-0.39, 0.29) is 34.6 Å². The van der Waals surface area contributed by atoms with E-state index in [0.29, 0.717) is 30.0 Å². The number of hydrogen-bond donors (Lipinski definition) is 2. The highest BCUT2D eigenvalue weighted by Crippen LogP contribution is 2.17. The van der Waals surface area contributed by atoms with Gasteiger partial charge in [0.2, 0.25) is 0 Å². The topological polar surface area (TPSA) is 79.6 Å². The third-order valence-corrected chi connectivity index (χ3v) is 3.42. The van der Waals surface area contributed by atoms with Crippen LogP contribution in [0.25, 0.3) is 0 Å². The van der Waals surface area contributed by atoms with Crippen molar-refractivity contribution >= 4 is 35.6 Å². The van der Waals surface area contributed by atoms with E-state index in [2.05, 4.69) is 36.4 Å². The number of nitro benzene ring substituents is 1. The molecule has 23 heavy (non-hydrogen) atoms. The number of hydrogen-bond acceptors (Lipinski definition) is 3. The zero-order chi connectivity index (χ0) is 16.5. The molecule has 0 bridgehead atoms. The molecule has 0 aliphatic carbocycles. The van der Waals surface area contributed by atoms with Crippen LogP contribution in [0.1, 0.15) is 39.2 Å². The molecule has 2 N–H and O–H groups in total. The van der Waals surface area contributed by atoms with Crippen LogP contribution in [0.2, 0.25) is 0 Å². The number of halogens is 1. The second kappa shape index (κ2) is 11.2. The first kappa shape index (κ1) is 21.6. The van der Waals surface area contributed by atoms with E-state index in [1.807, 2.05) is 0 Å². The quantitative estimate of drug-likeness (QED) is 0.226. The normalized spacial score (nSPS) is 12.5. The average molecular weight is 434 g/mol. The van der Waals surface area contributed by atoms with Crippen molar-refractivity contribution in [3.63, 3.8) is 0 Å².